The molecule has 0 atom stereocenters. The molecule has 1 aliphatic carbocycles. The smallest absolute Gasteiger partial charge is 0.171 e. The maximum atomic E-state index is 5.98. The van der Waals surface area contributed by atoms with E-state index in [0.717, 1.165) is 42.6 Å². The summed E-state index contributed by atoms with van der Waals surface area (Å²) in [5.41, 5.74) is 6.42. The first kappa shape index (κ1) is 22.6. The lowest BCUT2D eigenvalue weighted by Crippen LogP contribution is -2.33. The molecule has 33 heavy (non-hydrogen) atoms. The van der Waals surface area contributed by atoms with E-state index in [1.54, 1.807) is 0 Å². The highest BCUT2D eigenvalue weighted by atomic mass is 16.5. The van der Waals surface area contributed by atoms with Crippen molar-refractivity contribution in [2.75, 3.05) is 27.2 Å². The minimum absolute atomic E-state index is 0.794. The zero-order valence-corrected chi connectivity index (χ0v) is 20.4. The molecular formula is C29H39N3O. The van der Waals surface area contributed by atoms with E-state index in [1.165, 1.54) is 80.1 Å². The van der Waals surface area contributed by atoms with E-state index in [4.69, 9.17) is 4.52 Å². The van der Waals surface area contributed by atoms with Gasteiger partial charge in [-0.25, -0.2) is 0 Å². The second-order valence-corrected chi connectivity index (χ2v) is 10.7. The number of benzene rings is 2. The Hall–Kier alpha value is -2.17. The van der Waals surface area contributed by atoms with Crippen molar-refractivity contribution in [2.24, 2.45) is 11.8 Å². The van der Waals surface area contributed by atoms with Gasteiger partial charge in [-0.1, -0.05) is 54.4 Å². The third kappa shape index (κ3) is 5.85. The predicted molar refractivity (Wildman–Crippen MR) is 135 cm³/mol. The van der Waals surface area contributed by atoms with Crippen molar-refractivity contribution in [2.45, 2.75) is 64.5 Å². The van der Waals surface area contributed by atoms with E-state index in [9.17, 15) is 0 Å². The van der Waals surface area contributed by atoms with Crippen molar-refractivity contribution >= 4 is 11.0 Å². The molecular weight excluding hydrogens is 406 g/mol. The van der Waals surface area contributed by atoms with Gasteiger partial charge in [-0.3, -0.25) is 4.90 Å². The van der Waals surface area contributed by atoms with Crippen LogP contribution in [0.25, 0.3) is 11.0 Å². The Balaban J connectivity index is 1.19. The van der Waals surface area contributed by atoms with Crippen molar-refractivity contribution in [1.29, 1.82) is 0 Å². The number of rotatable bonds is 10. The summed E-state index contributed by atoms with van der Waals surface area (Å²) < 4.78 is 5.98. The fourth-order valence-electron chi connectivity index (χ4n) is 5.44. The largest absolute Gasteiger partial charge is 0.356 e. The molecule has 2 fully saturated rings. The molecule has 4 heteroatoms. The van der Waals surface area contributed by atoms with Gasteiger partial charge in [0.2, 0.25) is 0 Å². The minimum Gasteiger partial charge on any atom is -0.356 e. The zero-order valence-electron chi connectivity index (χ0n) is 20.4. The molecule has 2 heterocycles. The van der Waals surface area contributed by atoms with Gasteiger partial charge in [0.15, 0.2) is 5.58 Å². The number of hydrogen-bond acceptors (Lipinski definition) is 4. The second-order valence-electron chi connectivity index (χ2n) is 10.7. The third-order valence-corrected chi connectivity index (χ3v) is 7.65. The fourth-order valence-corrected chi connectivity index (χ4v) is 5.44. The number of piperidine rings is 1. The van der Waals surface area contributed by atoms with Gasteiger partial charge in [-0.2, -0.15) is 0 Å². The fraction of sp³-hybridized carbons (Fsp3) is 0.552. The van der Waals surface area contributed by atoms with Gasteiger partial charge in [-0.05, 0) is 94.7 Å². The number of fused-ring (bicyclic) bond motifs is 1. The SMILES string of the molecule is CN(C)Cc1c(CCC2CC2)ccc2c(CCC3CCN(Cc4ccccc4)CC3)noc12. The molecule has 1 saturated carbocycles. The van der Waals surface area contributed by atoms with Crippen LogP contribution >= 0.6 is 0 Å². The van der Waals surface area contributed by atoms with E-state index in [-0.39, 0.29) is 0 Å². The molecule has 176 valence electrons. The lowest BCUT2D eigenvalue weighted by Gasteiger charge is -2.32. The van der Waals surface area contributed by atoms with Crippen LogP contribution in [-0.2, 0) is 25.9 Å². The maximum absolute atomic E-state index is 5.98. The Bertz CT molecular complexity index is 1030. The van der Waals surface area contributed by atoms with E-state index in [0.29, 0.717) is 0 Å². The van der Waals surface area contributed by atoms with Gasteiger partial charge in [0, 0.05) is 24.0 Å². The number of hydrogen-bond donors (Lipinski definition) is 0. The summed E-state index contributed by atoms with van der Waals surface area (Å²) in [6.45, 7) is 4.41. The minimum atomic E-state index is 0.794. The average molecular weight is 446 g/mol. The van der Waals surface area contributed by atoms with E-state index in [1.807, 2.05) is 0 Å². The van der Waals surface area contributed by atoms with Gasteiger partial charge in [-0.15, -0.1) is 0 Å². The first-order valence-corrected chi connectivity index (χ1v) is 13.0. The summed E-state index contributed by atoms with van der Waals surface area (Å²) in [4.78, 5) is 4.86. The highest BCUT2D eigenvalue weighted by Gasteiger charge is 2.24. The van der Waals surface area contributed by atoms with E-state index in [2.05, 4.69) is 71.5 Å². The van der Waals surface area contributed by atoms with Gasteiger partial charge >= 0.3 is 0 Å². The predicted octanol–water partition coefficient (Wildman–Crippen LogP) is 6.08. The Kier molecular flexibility index (Phi) is 7.13. The molecule has 0 amide bonds. The second kappa shape index (κ2) is 10.4. The zero-order chi connectivity index (χ0) is 22.6. The van der Waals surface area contributed by atoms with Crippen LogP contribution < -0.4 is 0 Å². The van der Waals surface area contributed by atoms with Crippen LogP contribution in [0.15, 0.2) is 47.0 Å². The number of nitrogens with zero attached hydrogens (tertiary/aromatic N) is 3. The van der Waals surface area contributed by atoms with Crippen LogP contribution in [0, 0.1) is 11.8 Å². The first-order valence-electron chi connectivity index (χ1n) is 13.0. The molecule has 0 unspecified atom stereocenters. The molecule has 1 aromatic heterocycles. The Morgan fingerprint density at radius 2 is 1.64 bits per heavy atom. The first-order chi connectivity index (χ1) is 16.2. The standard InChI is InChI=1S/C29H39N3O/c1-31(2)21-27-25(12-10-22-8-9-22)13-14-26-28(30-33-29(26)27)15-11-23-16-18-32(19-17-23)20-24-6-4-3-5-7-24/h3-7,13-14,22-23H,8-12,15-21H2,1-2H3. The molecule has 5 rings (SSSR count). The Morgan fingerprint density at radius 3 is 2.36 bits per heavy atom. The molecule has 2 aliphatic rings. The van der Waals surface area contributed by atoms with Gasteiger partial charge in [0.05, 0.1) is 5.69 Å². The summed E-state index contributed by atoms with van der Waals surface area (Å²) in [6, 6.07) is 15.5. The molecule has 0 radical (unpaired) electrons. The maximum Gasteiger partial charge on any atom is 0.171 e. The molecule has 1 aliphatic heterocycles. The Morgan fingerprint density at radius 1 is 0.909 bits per heavy atom. The van der Waals surface area contributed by atoms with Gasteiger partial charge in [0.25, 0.3) is 0 Å². The summed E-state index contributed by atoms with van der Waals surface area (Å²) >= 11 is 0. The molecule has 0 bridgehead atoms. The van der Waals surface area contributed by atoms with Crippen molar-refractivity contribution in [3.8, 4) is 0 Å². The van der Waals surface area contributed by atoms with Crippen molar-refractivity contribution < 1.29 is 4.52 Å². The third-order valence-electron chi connectivity index (χ3n) is 7.65. The van der Waals surface area contributed by atoms with E-state index >= 15 is 0 Å². The van der Waals surface area contributed by atoms with Crippen molar-refractivity contribution in [1.82, 2.24) is 15.0 Å². The Labute approximate surface area is 198 Å². The quantitative estimate of drug-likeness (QED) is 0.379. The summed E-state index contributed by atoms with van der Waals surface area (Å²) in [6.07, 6.45) is 10.1. The lowest BCUT2D eigenvalue weighted by atomic mass is 9.90. The summed E-state index contributed by atoms with van der Waals surface area (Å²) in [7, 11) is 4.29. The summed E-state index contributed by atoms with van der Waals surface area (Å²) in [5, 5.41) is 5.80. The topological polar surface area (TPSA) is 32.5 Å². The molecule has 0 N–H and O–H groups in total. The highest BCUT2D eigenvalue weighted by Crippen LogP contribution is 2.35. The van der Waals surface area contributed by atoms with Crippen LogP contribution in [-0.4, -0.2) is 42.1 Å². The molecule has 1 saturated heterocycles. The highest BCUT2D eigenvalue weighted by molar-refractivity contribution is 5.83. The summed E-state index contributed by atoms with van der Waals surface area (Å²) in [5.74, 6) is 1.75. The van der Waals surface area contributed by atoms with Crippen LogP contribution in [0.5, 0.6) is 0 Å². The van der Waals surface area contributed by atoms with E-state index < -0.39 is 0 Å². The van der Waals surface area contributed by atoms with Gasteiger partial charge < -0.3 is 9.42 Å². The molecule has 3 aromatic rings. The number of aryl methyl sites for hydroxylation is 2. The monoisotopic (exact) mass is 445 g/mol. The van der Waals surface area contributed by atoms with Crippen LogP contribution in [0.2, 0.25) is 0 Å². The van der Waals surface area contributed by atoms with Crippen molar-refractivity contribution in [3.05, 3.63) is 64.8 Å². The molecule has 2 aromatic carbocycles. The molecule has 4 nitrogen and oxygen atoms in total. The van der Waals surface area contributed by atoms with Crippen LogP contribution in [0.4, 0.5) is 0 Å². The lowest BCUT2D eigenvalue weighted by molar-refractivity contribution is 0.172. The van der Waals surface area contributed by atoms with Crippen molar-refractivity contribution in [3.63, 3.8) is 0 Å². The van der Waals surface area contributed by atoms with Gasteiger partial charge in [0.1, 0.15) is 0 Å². The van der Waals surface area contributed by atoms with Crippen LogP contribution in [0.1, 0.15) is 60.9 Å². The number of likely N-dealkylation sites (tertiary alicyclic amines) is 1. The average Bonchev–Trinajstić information content (AvgIpc) is 3.56. The van der Waals surface area contributed by atoms with Crippen LogP contribution in [0.3, 0.4) is 0 Å². The number of aromatic nitrogens is 1. The molecule has 0 spiro atoms. The normalized spacial score (nSPS) is 17.9.